The molecule has 1 aromatic carbocycles. The lowest BCUT2D eigenvalue weighted by Gasteiger charge is -2.09. The summed E-state index contributed by atoms with van der Waals surface area (Å²) in [5, 5.41) is 5.98. The number of halogens is 2. The van der Waals surface area contributed by atoms with E-state index in [0.717, 1.165) is 23.4 Å². The summed E-state index contributed by atoms with van der Waals surface area (Å²) in [6.07, 6.45) is 0.834. The predicted octanol–water partition coefficient (Wildman–Crippen LogP) is 3.74. The number of nitrogens with zero attached hydrogens (tertiary/aromatic N) is 2. The number of aryl methyl sites for hydroxylation is 1. The van der Waals surface area contributed by atoms with Crippen LogP contribution in [0.1, 0.15) is 29.4 Å². The van der Waals surface area contributed by atoms with Gasteiger partial charge in [0.05, 0.1) is 12.2 Å². The summed E-state index contributed by atoms with van der Waals surface area (Å²) in [5.74, 6) is 0. The molecule has 0 saturated heterocycles. The van der Waals surface area contributed by atoms with Gasteiger partial charge in [-0.3, -0.25) is 4.68 Å². The number of hydrogen-bond donors (Lipinski definition) is 1. The molecule has 1 unspecified atom stereocenters. The van der Waals surface area contributed by atoms with Crippen molar-refractivity contribution in [3.8, 4) is 0 Å². The highest BCUT2D eigenvalue weighted by molar-refractivity contribution is 6.33. The maximum Gasteiger partial charge on any atom is 0.0677 e. The van der Waals surface area contributed by atoms with Gasteiger partial charge in [0.1, 0.15) is 0 Å². The van der Waals surface area contributed by atoms with Crippen LogP contribution in [0.25, 0.3) is 0 Å². The van der Waals surface area contributed by atoms with Crippen LogP contribution in [-0.4, -0.2) is 15.8 Å². The van der Waals surface area contributed by atoms with Crippen LogP contribution in [0.4, 0.5) is 0 Å². The number of benzene rings is 1. The quantitative estimate of drug-likeness (QED) is 0.934. The van der Waals surface area contributed by atoms with Crippen molar-refractivity contribution in [1.29, 1.82) is 0 Å². The predicted molar refractivity (Wildman–Crippen MR) is 84.6 cm³/mol. The average Bonchev–Trinajstić information content (AvgIpc) is 2.61. The summed E-state index contributed by atoms with van der Waals surface area (Å²) in [4.78, 5) is 0. The second-order valence-electron chi connectivity index (χ2n) is 5.22. The Labute approximate surface area is 129 Å². The van der Waals surface area contributed by atoms with Crippen molar-refractivity contribution in [1.82, 2.24) is 9.78 Å². The first kappa shape index (κ1) is 15.4. The Bertz CT molecular complexity index is 618. The van der Waals surface area contributed by atoms with Gasteiger partial charge in [-0.15, -0.1) is 0 Å². The summed E-state index contributed by atoms with van der Waals surface area (Å²) in [6, 6.07) is 5.61. The summed E-state index contributed by atoms with van der Waals surface area (Å²) >= 11 is 12.2. The highest BCUT2D eigenvalue weighted by Gasteiger charge is 2.14. The van der Waals surface area contributed by atoms with Crippen LogP contribution in [-0.2, 0) is 13.0 Å². The minimum absolute atomic E-state index is 0.125. The Hall–Kier alpha value is -1.03. The van der Waals surface area contributed by atoms with E-state index in [2.05, 4.69) is 12.0 Å². The van der Waals surface area contributed by atoms with Gasteiger partial charge in [0, 0.05) is 21.8 Å². The zero-order chi connectivity index (χ0) is 14.9. The van der Waals surface area contributed by atoms with E-state index in [9.17, 15) is 0 Å². The molecule has 2 aromatic rings. The molecule has 108 valence electrons. The van der Waals surface area contributed by atoms with Gasteiger partial charge in [-0.2, -0.15) is 5.10 Å². The van der Waals surface area contributed by atoms with Crippen molar-refractivity contribution < 1.29 is 0 Å². The zero-order valence-electron chi connectivity index (χ0n) is 12.0. The fraction of sp³-hybridized carbons (Fsp3) is 0.400. The van der Waals surface area contributed by atoms with E-state index in [1.54, 1.807) is 6.07 Å². The van der Waals surface area contributed by atoms with Crippen LogP contribution in [0.5, 0.6) is 0 Å². The number of hydrogen-bond acceptors (Lipinski definition) is 2. The van der Waals surface area contributed by atoms with Crippen LogP contribution in [0.2, 0.25) is 10.0 Å². The number of rotatable bonds is 4. The Morgan fingerprint density at radius 1 is 1.30 bits per heavy atom. The molecule has 0 saturated carbocycles. The highest BCUT2D eigenvalue weighted by atomic mass is 35.5. The van der Waals surface area contributed by atoms with Crippen molar-refractivity contribution in [2.24, 2.45) is 5.73 Å². The minimum atomic E-state index is 0.125. The first-order valence-corrected chi connectivity index (χ1v) is 7.36. The maximum atomic E-state index is 6.21. The first-order chi connectivity index (χ1) is 9.38. The molecule has 0 amide bonds. The smallest absolute Gasteiger partial charge is 0.0677 e. The molecule has 2 rings (SSSR count). The summed E-state index contributed by atoms with van der Waals surface area (Å²) in [5.41, 5.74) is 10.2. The molecule has 20 heavy (non-hydrogen) atoms. The molecular formula is C15H19Cl2N3. The molecule has 5 heteroatoms. The van der Waals surface area contributed by atoms with Gasteiger partial charge in [0.15, 0.2) is 0 Å². The normalized spacial score (nSPS) is 12.7. The molecule has 0 spiro atoms. The summed E-state index contributed by atoms with van der Waals surface area (Å²) in [6.45, 7) is 6.70. The molecule has 1 heterocycles. The van der Waals surface area contributed by atoms with Crippen molar-refractivity contribution in [2.45, 2.75) is 39.8 Å². The molecule has 0 bridgehead atoms. The number of nitrogens with two attached hydrogens (primary N) is 1. The third-order valence-electron chi connectivity index (χ3n) is 3.39. The van der Waals surface area contributed by atoms with Crippen LogP contribution in [0, 0.1) is 13.8 Å². The number of aromatic nitrogens is 2. The third kappa shape index (κ3) is 3.35. The van der Waals surface area contributed by atoms with Crippen molar-refractivity contribution in [3.63, 3.8) is 0 Å². The van der Waals surface area contributed by atoms with Gasteiger partial charge in [-0.1, -0.05) is 23.2 Å². The van der Waals surface area contributed by atoms with E-state index in [1.165, 1.54) is 5.56 Å². The lowest BCUT2D eigenvalue weighted by atomic mass is 10.1. The summed E-state index contributed by atoms with van der Waals surface area (Å²) in [7, 11) is 0. The second kappa shape index (κ2) is 6.17. The average molecular weight is 312 g/mol. The van der Waals surface area contributed by atoms with E-state index in [0.29, 0.717) is 16.6 Å². The zero-order valence-corrected chi connectivity index (χ0v) is 13.5. The highest BCUT2D eigenvalue weighted by Crippen LogP contribution is 2.23. The van der Waals surface area contributed by atoms with E-state index in [1.807, 2.05) is 30.7 Å². The Kier molecular flexibility index (Phi) is 4.74. The lowest BCUT2D eigenvalue weighted by Crippen LogP contribution is -2.18. The standard InChI is InChI=1S/C15H19Cl2N3/c1-9(18)6-14-10(2)19-20(11(14)3)8-12-7-13(16)4-5-15(12)17/h4-5,7,9H,6,8,18H2,1-3H3. The lowest BCUT2D eigenvalue weighted by molar-refractivity contribution is 0.656. The van der Waals surface area contributed by atoms with Crippen LogP contribution >= 0.6 is 23.2 Å². The molecule has 0 aliphatic heterocycles. The monoisotopic (exact) mass is 311 g/mol. The molecule has 1 atom stereocenters. The van der Waals surface area contributed by atoms with E-state index in [4.69, 9.17) is 28.9 Å². The van der Waals surface area contributed by atoms with Gasteiger partial charge < -0.3 is 5.73 Å². The minimum Gasteiger partial charge on any atom is -0.328 e. The Morgan fingerprint density at radius 3 is 2.65 bits per heavy atom. The third-order valence-corrected chi connectivity index (χ3v) is 3.99. The van der Waals surface area contributed by atoms with E-state index < -0.39 is 0 Å². The topological polar surface area (TPSA) is 43.8 Å². The molecule has 3 nitrogen and oxygen atoms in total. The SMILES string of the molecule is Cc1nn(Cc2cc(Cl)ccc2Cl)c(C)c1CC(C)N. The molecule has 0 aliphatic carbocycles. The van der Waals surface area contributed by atoms with Gasteiger partial charge in [0.25, 0.3) is 0 Å². The Morgan fingerprint density at radius 2 is 2.00 bits per heavy atom. The van der Waals surface area contributed by atoms with Crippen LogP contribution in [0.15, 0.2) is 18.2 Å². The molecular weight excluding hydrogens is 293 g/mol. The maximum absolute atomic E-state index is 6.21. The Balaban J connectivity index is 2.32. The van der Waals surface area contributed by atoms with Crippen molar-refractivity contribution in [2.75, 3.05) is 0 Å². The second-order valence-corrected chi connectivity index (χ2v) is 6.07. The van der Waals surface area contributed by atoms with Gasteiger partial charge >= 0.3 is 0 Å². The molecule has 0 fully saturated rings. The fourth-order valence-corrected chi connectivity index (χ4v) is 2.70. The molecule has 0 radical (unpaired) electrons. The van der Waals surface area contributed by atoms with Crippen LogP contribution in [0.3, 0.4) is 0 Å². The molecule has 1 aromatic heterocycles. The largest absolute Gasteiger partial charge is 0.328 e. The van der Waals surface area contributed by atoms with Crippen molar-refractivity contribution >= 4 is 23.2 Å². The fourth-order valence-electron chi connectivity index (χ4n) is 2.33. The summed E-state index contributed by atoms with van der Waals surface area (Å²) < 4.78 is 1.96. The van der Waals surface area contributed by atoms with Gasteiger partial charge in [-0.05, 0) is 56.5 Å². The van der Waals surface area contributed by atoms with Crippen molar-refractivity contribution in [3.05, 3.63) is 50.8 Å². The van der Waals surface area contributed by atoms with Gasteiger partial charge in [0.2, 0.25) is 0 Å². The van der Waals surface area contributed by atoms with Gasteiger partial charge in [-0.25, -0.2) is 0 Å². The molecule has 2 N–H and O–H groups in total. The van der Waals surface area contributed by atoms with E-state index >= 15 is 0 Å². The first-order valence-electron chi connectivity index (χ1n) is 6.61. The molecule has 0 aliphatic rings. The van der Waals surface area contributed by atoms with E-state index in [-0.39, 0.29) is 6.04 Å². The van der Waals surface area contributed by atoms with Crippen LogP contribution < -0.4 is 5.73 Å².